The number of benzene rings is 1. The molecule has 8 heteroatoms. The molecule has 2 aromatic heterocycles. The molecule has 6 nitrogen and oxygen atoms in total. The highest BCUT2D eigenvalue weighted by Crippen LogP contribution is 2.26. The van der Waals surface area contributed by atoms with Gasteiger partial charge in [-0.05, 0) is 31.2 Å². The summed E-state index contributed by atoms with van der Waals surface area (Å²) in [6.45, 7) is 2.17. The zero-order chi connectivity index (χ0) is 19.1. The lowest BCUT2D eigenvalue weighted by Gasteiger charge is -2.09. The van der Waals surface area contributed by atoms with Crippen molar-refractivity contribution in [2.75, 3.05) is 6.54 Å². The molecule has 2 amide bonds. The number of aromatic nitrogens is 1. The fourth-order valence-corrected chi connectivity index (χ4v) is 3.98. The molecule has 2 heterocycles. The Kier molecular flexibility index (Phi) is 6.67. The number of nitrogens with one attached hydrogen (secondary N) is 2. The quantitative estimate of drug-likeness (QED) is 0.565. The molecule has 3 aromatic rings. The van der Waals surface area contributed by atoms with Crippen LogP contribution in [0.5, 0.6) is 0 Å². The van der Waals surface area contributed by atoms with E-state index in [1.807, 2.05) is 30.5 Å². The van der Waals surface area contributed by atoms with Crippen LogP contribution in [-0.2, 0) is 17.1 Å². The Bertz CT molecular complexity index is 907. The lowest BCUT2D eigenvalue weighted by atomic mass is 10.2. The fourth-order valence-electron chi connectivity index (χ4n) is 2.32. The number of furan rings is 1. The van der Waals surface area contributed by atoms with Crippen LogP contribution in [0, 0.1) is 6.92 Å². The Morgan fingerprint density at radius 1 is 1.19 bits per heavy atom. The molecule has 1 aromatic carbocycles. The minimum Gasteiger partial charge on any atom is -0.467 e. The van der Waals surface area contributed by atoms with Crippen LogP contribution in [0.15, 0.2) is 57.4 Å². The lowest BCUT2D eigenvalue weighted by molar-refractivity contribution is -0.120. The molecular weight excluding hydrogens is 382 g/mol. The predicted octanol–water partition coefficient (Wildman–Crippen LogP) is 3.38. The molecule has 0 aliphatic carbocycles. The second-order valence-electron chi connectivity index (χ2n) is 5.68. The summed E-state index contributed by atoms with van der Waals surface area (Å²) < 4.78 is 5.15. The van der Waals surface area contributed by atoms with E-state index in [2.05, 4.69) is 15.6 Å². The van der Waals surface area contributed by atoms with E-state index in [1.165, 1.54) is 0 Å². The summed E-state index contributed by atoms with van der Waals surface area (Å²) >= 11 is 3.17. The normalized spacial score (nSPS) is 10.6. The third kappa shape index (κ3) is 5.70. The number of nitrogens with zero attached hydrogens (tertiary/aromatic N) is 1. The SMILES string of the molecule is Cc1nc(CSc2ccccc2C(=O)NCC(=O)NCc2ccco2)cs1. The van der Waals surface area contributed by atoms with Gasteiger partial charge in [-0.2, -0.15) is 0 Å². The fraction of sp³-hybridized carbons (Fsp3) is 0.211. The van der Waals surface area contributed by atoms with Crippen LogP contribution >= 0.6 is 23.1 Å². The molecule has 0 saturated carbocycles. The van der Waals surface area contributed by atoms with Gasteiger partial charge in [0.05, 0.1) is 35.6 Å². The van der Waals surface area contributed by atoms with E-state index >= 15 is 0 Å². The van der Waals surface area contributed by atoms with E-state index in [9.17, 15) is 9.59 Å². The zero-order valence-corrected chi connectivity index (χ0v) is 16.4. The van der Waals surface area contributed by atoms with E-state index < -0.39 is 0 Å². The maximum absolute atomic E-state index is 12.5. The van der Waals surface area contributed by atoms with Crippen molar-refractivity contribution in [2.45, 2.75) is 24.1 Å². The Labute approximate surface area is 165 Å². The summed E-state index contributed by atoms with van der Waals surface area (Å²) in [5, 5.41) is 8.41. The number of rotatable bonds is 8. The molecular formula is C19H19N3O3S2. The van der Waals surface area contributed by atoms with Gasteiger partial charge in [-0.3, -0.25) is 9.59 Å². The molecule has 3 rings (SSSR count). The molecule has 0 aliphatic heterocycles. The summed E-state index contributed by atoms with van der Waals surface area (Å²) in [6.07, 6.45) is 1.55. The van der Waals surface area contributed by atoms with Crippen LogP contribution in [0.4, 0.5) is 0 Å². The van der Waals surface area contributed by atoms with Crippen LogP contribution in [0.25, 0.3) is 0 Å². The minimum absolute atomic E-state index is 0.0934. The highest BCUT2D eigenvalue weighted by atomic mass is 32.2. The summed E-state index contributed by atoms with van der Waals surface area (Å²) in [6, 6.07) is 10.9. The van der Waals surface area contributed by atoms with Crippen molar-refractivity contribution in [2.24, 2.45) is 0 Å². The van der Waals surface area contributed by atoms with Gasteiger partial charge in [0, 0.05) is 16.0 Å². The van der Waals surface area contributed by atoms with Gasteiger partial charge >= 0.3 is 0 Å². The highest BCUT2D eigenvalue weighted by molar-refractivity contribution is 7.98. The van der Waals surface area contributed by atoms with Crippen molar-refractivity contribution < 1.29 is 14.0 Å². The third-order valence-electron chi connectivity index (χ3n) is 3.62. The zero-order valence-electron chi connectivity index (χ0n) is 14.7. The van der Waals surface area contributed by atoms with Gasteiger partial charge in [0.1, 0.15) is 5.76 Å². The Hall–Kier alpha value is -2.58. The average Bonchev–Trinajstić information content (AvgIpc) is 3.34. The molecule has 27 heavy (non-hydrogen) atoms. The van der Waals surface area contributed by atoms with Crippen LogP contribution in [0.2, 0.25) is 0 Å². The number of carbonyl (C=O) groups is 2. The Morgan fingerprint density at radius 2 is 2.04 bits per heavy atom. The Balaban J connectivity index is 1.52. The molecule has 0 bridgehead atoms. The first-order chi connectivity index (χ1) is 13.1. The summed E-state index contributed by atoms with van der Waals surface area (Å²) in [4.78, 5) is 29.7. The van der Waals surface area contributed by atoms with Crippen molar-refractivity contribution in [3.8, 4) is 0 Å². The standard InChI is InChI=1S/C19H19N3O3S2/c1-13-22-14(11-26-13)12-27-17-7-3-2-6-16(17)19(24)21-10-18(23)20-9-15-5-4-8-25-15/h2-8,11H,9-10,12H2,1H3,(H,20,23)(H,21,24). The van der Waals surface area contributed by atoms with E-state index in [-0.39, 0.29) is 18.4 Å². The average molecular weight is 402 g/mol. The van der Waals surface area contributed by atoms with Gasteiger partial charge in [-0.1, -0.05) is 12.1 Å². The number of hydrogen-bond donors (Lipinski definition) is 2. The van der Waals surface area contributed by atoms with E-state index in [1.54, 1.807) is 47.6 Å². The van der Waals surface area contributed by atoms with Gasteiger partial charge in [0.15, 0.2) is 0 Å². The van der Waals surface area contributed by atoms with Gasteiger partial charge < -0.3 is 15.1 Å². The molecule has 0 aliphatic rings. The van der Waals surface area contributed by atoms with E-state index in [0.717, 1.165) is 15.6 Å². The first-order valence-electron chi connectivity index (χ1n) is 8.32. The molecule has 140 valence electrons. The van der Waals surface area contributed by atoms with Crippen LogP contribution < -0.4 is 10.6 Å². The summed E-state index contributed by atoms with van der Waals surface area (Å²) in [5.41, 5.74) is 1.54. The lowest BCUT2D eigenvalue weighted by Crippen LogP contribution is -2.36. The highest BCUT2D eigenvalue weighted by Gasteiger charge is 2.13. The number of hydrogen-bond acceptors (Lipinski definition) is 6. The first kappa shape index (κ1) is 19.2. The summed E-state index contributed by atoms with van der Waals surface area (Å²) in [5.74, 6) is 0.801. The molecule has 0 unspecified atom stereocenters. The summed E-state index contributed by atoms with van der Waals surface area (Å²) in [7, 11) is 0. The van der Waals surface area contributed by atoms with E-state index in [4.69, 9.17) is 4.42 Å². The van der Waals surface area contributed by atoms with Crippen LogP contribution in [0.3, 0.4) is 0 Å². The van der Waals surface area contributed by atoms with Crippen molar-refractivity contribution in [3.05, 3.63) is 70.1 Å². The minimum atomic E-state index is -0.277. The number of thiazole rings is 1. The maximum atomic E-state index is 12.5. The monoisotopic (exact) mass is 401 g/mol. The van der Waals surface area contributed by atoms with Crippen molar-refractivity contribution in [1.82, 2.24) is 15.6 Å². The van der Waals surface area contributed by atoms with Gasteiger partial charge in [0.25, 0.3) is 5.91 Å². The van der Waals surface area contributed by atoms with Crippen molar-refractivity contribution in [3.63, 3.8) is 0 Å². The third-order valence-corrected chi connectivity index (χ3v) is 5.55. The van der Waals surface area contributed by atoms with E-state index in [0.29, 0.717) is 23.6 Å². The maximum Gasteiger partial charge on any atom is 0.252 e. The smallest absolute Gasteiger partial charge is 0.252 e. The number of thioether (sulfide) groups is 1. The molecule has 0 spiro atoms. The number of aryl methyl sites for hydroxylation is 1. The molecule has 0 fully saturated rings. The number of carbonyl (C=O) groups excluding carboxylic acids is 2. The van der Waals surface area contributed by atoms with Gasteiger partial charge in [0.2, 0.25) is 5.91 Å². The molecule has 0 atom stereocenters. The van der Waals surface area contributed by atoms with Gasteiger partial charge in [-0.15, -0.1) is 23.1 Å². The second kappa shape index (κ2) is 9.38. The van der Waals surface area contributed by atoms with Gasteiger partial charge in [-0.25, -0.2) is 4.98 Å². The molecule has 0 saturated heterocycles. The molecule has 2 N–H and O–H groups in total. The van der Waals surface area contributed by atoms with Crippen molar-refractivity contribution in [1.29, 1.82) is 0 Å². The second-order valence-corrected chi connectivity index (χ2v) is 7.76. The first-order valence-corrected chi connectivity index (χ1v) is 10.2. The predicted molar refractivity (Wildman–Crippen MR) is 106 cm³/mol. The van der Waals surface area contributed by atoms with Crippen LogP contribution in [0.1, 0.15) is 26.8 Å². The van der Waals surface area contributed by atoms with Crippen molar-refractivity contribution >= 4 is 34.9 Å². The topological polar surface area (TPSA) is 84.2 Å². The van der Waals surface area contributed by atoms with Crippen LogP contribution in [-0.4, -0.2) is 23.3 Å². The number of amides is 2. The Morgan fingerprint density at radius 3 is 2.78 bits per heavy atom. The largest absolute Gasteiger partial charge is 0.467 e. The molecule has 0 radical (unpaired) electrons.